The second-order valence-corrected chi connectivity index (χ2v) is 4.58. The van der Waals surface area contributed by atoms with Gasteiger partial charge in [-0.3, -0.25) is 0 Å². The number of ether oxygens (including phenoxy) is 1. The predicted octanol–water partition coefficient (Wildman–Crippen LogP) is 3.78. The SMILES string of the molecule is COC(=O)c1c(Cl)cccc1C1CCCC1. The Hall–Kier alpha value is -1.02. The summed E-state index contributed by atoms with van der Waals surface area (Å²) in [6, 6.07) is 5.64. The normalized spacial score (nSPS) is 16.4. The fourth-order valence-electron chi connectivity index (χ4n) is 2.44. The van der Waals surface area contributed by atoms with Crippen molar-refractivity contribution in [3.63, 3.8) is 0 Å². The second kappa shape index (κ2) is 4.88. The average Bonchev–Trinajstić information content (AvgIpc) is 2.81. The predicted molar refractivity (Wildman–Crippen MR) is 64.0 cm³/mol. The summed E-state index contributed by atoms with van der Waals surface area (Å²) in [6.45, 7) is 0. The third kappa shape index (κ3) is 2.07. The van der Waals surface area contributed by atoms with Crippen molar-refractivity contribution in [2.24, 2.45) is 0 Å². The molecule has 0 spiro atoms. The van der Waals surface area contributed by atoms with Gasteiger partial charge in [0, 0.05) is 0 Å². The maximum absolute atomic E-state index is 11.7. The summed E-state index contributed by atoms with van der Waals surface area (Å²) < 4.78 is 4.79. The van der Waals surface area contributed by atoms with Crippen LogP contribution in [0.15, 0.2) is 18.2 Å². The van der Waals surface area contributed by atoms with E-state index < -0.39 is 0 Å². The molecule has 0 atom stereocenters. The molecule has 1 aliphatic rings. The number of hydrogen-bond donors (Lipinski definition) is 0. The van der Waals surface area contributed by atoms with Crippen LogP contribution in [0.4, 0.5) is 0 Å². The first-order chi connectivity index (χ1) is 7.74. The molecular formula is C13H15ClO2. The van der Waals surface area contributed by atoms with E-state index in [-0.39, 0.29) is 5.97 Å². The summed E-state index contributed by atoms with van der Waals surface area (Å²) in [5.41, 5.74) is 1.61. The van der Waals surface area contributed by atoms with Gasteiger partial charge in [-0.15, -0.1) is 0 Å². The smallest absolute Gasteiger partial charge is 0.339 e. The van der Waals surface area contributed by atoms with E-state index in [1.54, 1.807) is 6.07 Å². The summed E-state index contributed by atoms with van der Waals surface area (Å²) in [5.74, 6) is 0.139. The van der Waals surface area contributed by atoms with Crippen molar-refractivity contribution in [1.29, 1.82) is 0 Å². The molecule has 16 heavy (non-hydrogen) atoms. The molecule has 0 saturated heterocycles. The highest BCUT2D eigenvalue weighted by molar-refractivity contribution is 6.33. The number of methoxy groups -OCH3 is 1. The molecule has 1 aliphatic carbocycles. The van der Waals surface area contributed by atoms with Gasteiger partial charge >= 0.3 is 5.97 Å². The van der Waals surface area contributed by atoms with Crippen LogP contribution < -0.4 is 0 Å². The van der Waals surface area contributed by atoms with Crippen LogP contribution in [0.25, 0.3) is 0 Å². The van der Waals surface area contributed by atoms with Crippen LogP contribution in [0, 0.1) is 0 Å². The maximum atomic E-state index is 11.7. The Morgan fingerprint density at radius 3 is 2.69 bits per heavy atom. The zero-order valence-electron chi connectivity index (χ0n) is 9.33. The molecule has 3 heteroatoms. The van der Waals surface area contributed by atoms with Crippen LogP contribution in [0.2, 0.25) is 5.02 Å². The van der Waals surface area contributed by atoms with Gasteiger partial charge in [0.05, 0.1) is 17.7 Å². The van der Waals surface area contributed by atoms with Gasteiger partial charge in [-0.1, -0.05) is 36.6 Å². The molecule has 0 unspecified atom stereocenters. The van der Waals surface area contributed by atoms with E-state index in [4.69, 9.17) is 16.3 Å². The van der Waals surface area contributed by atoms with Gasteiger partial charge < -0.3 is 4.74 Å². The van der Waals surface area contributed by atoms with E-state index in [9.17, 15) is 4.79 Å². The van der Waals surface area contributed by atoms with Crippen molar-refractivity contribution in [2.75, 3.05) is 7.11 Å². The van der Waals surface area contributed by atoms with Gasteiger partial charge in [-0.2, -0.15) is 0 Å². The van der Waals surface area contributed by atoms with E-state index in [0.717, 1.165) is 18.4 Å². The zero-order valence-corrected chi connectivity index (χ0v) is 10.1. The second-order valence-electron chi connectivity index (χ2n) is 4.18. The van der Waals surface area contributed by atoms with Crippen LogP contribution in [0.1, 0.15) is 47.5 Å². The maximum Gasteiger partial charge on any atom is 0.339 e. The van der Waals surface area contributed by atoms with Crippen molar-refractivity contribution in [1.82, 2.24) is 0 Å². The molecule has 0 N–H and O–H groups in total. The number of hydrogen-bond acceptors (Lipinski definition) is 2. The molecule has 0 aromatic heterocycles. The summed E-state index contributed by atoms with van der Waals surface area (Å²) in [4.78, 5) is 11.7. The Morgan fingerprint density at radius 2 is 2.06 bits per heavy atom. The molecule has 2 nitrogen and oxygen atoms in total. The number of esters is 1. The highest BCUT2D eigenvalue weighted by atomic mass is 35.5. The molecular weight excluding hydrogens is 224 g/mol. The lowest BCUT2D eigenvalue weighted by Gasteiger charge is -2.14. The Bertz CT molecular complexity index is 395. The van der Waals surface area contributed by atoms with Crippen molar-refractivity contribution in [2.45, 2.75) is 31.6 Å². The first-order valence-electron chi connectivity index (χ1n) is 5.60. The third-order valence-electron chi connectivity index (χ3n) is 3.23. The number of rotatable bonds is 2. The Balaban J connectivity index is 2.43. The van der Waals surface area contributed by atoms with Crippen molar-refractivity contribution in [3.8, 4) is 0 Å². The lowest BCUT2D eigenvalue weighted by Crippen LogP contribution is -2.08. The first kappa shape index (κ1) is 11.5. The van der Waals surface area contributed by atoms with E-state index in [2.05, 4.69) is 0 Å². The van der Waals surface area contributed by atoms with Crippen LogP contribution in [0.3, 0.4) is 0 Å². The van der Waals surface area contributed by atoms with Crippen LogP contribution >= 0.6 is 11.6 Å². The Morgan fingerprint density at radius 1 is 1.38 bits per heavy atom. The molecule has 1 fully saturated rings. The molecule has 0 radical (unpaired) electrons. The minimum atomic E-state index is -0.326. The zero-order chi connectivity index (χ0) is 11.5. The molecule has 1 aromatic carbocycles. The fourth-order valence-corrected chi connectivity index (χ4v) is 2.69. The van der Waals surface area contributed by atoms with Crippen LogP contribution in [0.5, 0.6) is 0 Å². The molecule has 1 saturated carbocycles. The molecule has 1 aromatic rings. The van der Waals surface area contributed by atoms with Gasteiger partial charge in [0.2, 0.25) is 0 Å². The van der Waals surface area contributed by atoms with Gasteiger partial charge in [-0.05, 0) is 30.4 Å². The number of halogens is 1. The van der Waals surface area contributed by atoms with Crippen LogP contribution in [-0.2, 0) is 4.74 Å². The van der Waals surface area contributed by atoms with Crippen molar-refractivity contribution in [3.05, 3.63) is 34.3 Å². The van der Waals surface area contributed by atoms with Gasteiger partial charge in [-0.25, -0.2) is 4.79 Å². The van der Waals surface area contributed by atoms with Gasteiger partial charge in [0.15, 0.2) is 0 Å². The van der Waals surface area contributed by atoms with Gasteiger partial charge in [0.1, 0.15) is 0 Å². The molecule has 0 aliphatic heterocycles. The molecule has 0 bridgehead atoms. The van der Waals surface area contributed by atoms with E-state index in [0.29, 0.717) is 16.5 Å². The highest BCUT2D eigenvalue weighted by Crippen LogP contribution is 2.37. The Kier molecular flexibility index (Phi) is 3.49. The molecule has 86 valence electrons. The lowest BCUT2D eigenvalue weighted by molar-refractivity contribution is 0.0599. The molecule has 0 heterocycles. The number of carbonyl (C=O) groups is 1. The summed E-state index contributed by atoms with van der Waals surface area (Å²) in [5, 5.41) is 0.497. The molecule has 2 rings (SSSR count). The lowest BCUT2D eigenvalue weighted by atomic mass is 9.93. The topological polar surface area (TPSA) is 26.3 Å². The standard InChI is InChI=1S/C13H15ClO2/c1-16-13(15)12-10(7-4-8-11(12)14)9-5-2-3-6-9/h4,7-9H,2-3,5-6H2,1H3. The average molecular weight is 239 g/mol. The van der Waals surface area contributed by atoms with Crippen LogP contribution in [-0.4, -0.2) is 13.1 Å². The van der Waals surface area contributed by atoms with Crippen molar-refractivity contribution >= 4 is 17.6 Å². The number of carbonyl (C=O) groups excluding carboxylic acids is 1. The molecule has 0 amide bonds. The Labute approximate surface area is 101 Å². The highest BCUT2D eigenvalue weighted by Gasteiger charge is 2.24. The monoisotopic (exact) mass is 238 g/mol. The quantitative estimate of drug-likeness (QED) is 0.733. The van der Waals surface area contributed by atoms with Gasteiger partial charge in [0.25, 0.3) is 0 Å². The van der Waals surface area contributed by atoms with E-state index >= 15 is 0 Å². The summed E-state index contributed by atoms with van der Waals surface area (Å²) in [6.07, 6.45) is 4.75. The van der Waals surface area contributed by atoms with Crippen molar-refractivity contribution < 1.29 is 9.53 Å². The largest absolute Gasteiger partial charge is 0.465 e. The minimum absolute atomic E-state index is 0.326. The number of benzene rings is 1. The summed E-state index contributed by atoms with van der Waals surface area (Å²) >= 11 is 6.08. The first-order valence-corrected chi connectivity index (χ1v) is 5.98. The minimum Gasteiger partial charge on any atom is -0.465 e. The summed E-state index contributed by atoms with van der Waals surface area (Å²) in [7, 11) is 1.39. The fraction of sp³-hybridized carbons (Fsp3) is 0.462. The third-order valence-corrected chi connectivity index (χ3v) is 3.55. The van der Waals surface area contributed by atoms with E-state index in [1.165, 1.54) is 20.0 Å². The van der Waals surface area contributed by atoms with E-state index in [1.807, 2.05) is 12.1 Å².